The molecule has 2 rings (SSSR count). The van der Waals surface area contributed by atoms with Crippen LogP contribution in [0.3, 0.4) is 0 Å². The fraction of sp³-hybridized carbons (Fsp3) is 0.600. The molecule has 1 aliphatic heterocycles. The van der Waals surface area contributed by atoms with E-state index in [1.54, 1.807) is 19.1 Å². The molecule has 1 N–H and O–H groups in total. The van der Waals surface area contributed by atoms with Crippen LogP contribution in [0.1, 0.15) is 38.7 Å². The minimum absolute atomic E-state index is 0.173. The van der Waals surface area contributed by atoms with Gasteiger partial charge in [-0.05, 0) is 43.9 Å². The van der Waals surface area contributed by atoms with E-state index < -0.39 is 15.6 Å². The zero-order valence-electron chi connectivity index (χ0n) is 12.2. The summed E-state index contributed by atoms with van der Waals surface area (Å²) in [6.45, 7) is 4.45. The van der Waals surface area contributed by atoms with Gasteiger partial charge < -0.3 is 5.11 Å². The Kier molecular flexibility index (Phi) is 4.52. The van der Waals surface area contributed by atoms with Gasteiger partial charge in [0.2, 0.25) is 10.0 Å². The second kappa shape index (κ2) is 5.84. The summed E-state index contributed by atoms with van der Waals surface area (Å²) in [5.41, 5.74) is 0.227. The lowest BCUT2D eigenvalue weighted by Gasteiger charge is -2.35. The van der Waals surface area contributed by atoms with Crippen molar-refractivity contribution in [1.82, 2.24) is 4.31 Å². The highest BCUT2D eigenvalue weighted by molar-refractivity contribution is 7.89. The van der Waals surface area contributed by atoms with Crippen molar-refractivity contribution in [2.75, 3.05) is 13.1 Å². The molecule has 0 amide bonds. The van der Waals surface area contributed by atoms with Gasteiger partial charge in [0.1, 0.15) is 0 Å². The third-order valence-electron chi connectivity index (χ3n) is 3.74. The van der Waals surface area contributed by atoms with Gasteiger partial charge >= 0.3 is 0 Å². The molecule has 0 aliphatic carbocycles. The number of β-amino-alcohol motifs (C(OH)–C–C–N with tert-alkyl or cyclic N) is 1. The second-order valence-corrected chi connectivity index (χ2v) is 7.77. The molecule has 112 valence electrons. The van der Waals surface area contributed by atoms with Crippen molar-refractivity contribution in [3.8, 4) is 0 Å². The lowest BCUT2D eigenvalue weighted by atomic mass is 9.97. The normalized spacial score (nSPS) is 24.8. The van der Waals surface area contributed by atoms with E-state index in [-0.39, 0.29) is 6.54 Å². The van der Waals surface area contributed by atoms with E-state index in [0.717, 1.165) is 18.4 Å². The maximum Gasteiger partial charge on any atom is 0.243 e. The van der Waals surface area contributed by atoms with Crippen LogP contribution in [-0.2, 0) is 16.4 Å². The van der Waals surface area contributed by atoms with Crippen LogP contribution in [0.5, 0.6) is 0 Å². The predicted molar refractivity (Wildman–Crippen MR) is 79.1 cm³/mol. The van der Waals surface area contributed by atoms with Crippen molar-refractivity contribution >= 4 is 10.0 Å². The van der Waals surface area contributed by atoms with E-state index in [2.05, 4.69) is 6.92 Å². The summed E-state index contributed by atoms with van der Waals surface area (Å²) in [4.78, 5) is 0.315. The molecule has 4 nitrogen and oxygen atoms in total. The molecule has 20 heavy (non-hydrogen) atoms. The minimum Gasteiger partial charge on any atom is -0.389 e. The summed E-state index contributed by atoms with van der Waals surface area (Å²) in [5, 5.41) is 10.1. The highest BCUT2D eigenvalue weighted by Crippen LogP contribution is 2.26. The molecule has 0 radical (unpaired) electrons. The molecule has 1 aromatic rings. The fourth-order valence-corrected chi connectivity index (χ4v) is 4.24. The summed E-state index contributed by atoms with van der Waals surface area (Å²) in [6, 6.07) is 7.09. The van der Waals surface area contributed by atoms with Gasteiger partial charge in [-0.25, -0.2) is 8.42 Å². The molecule has 5 heteroatoms. The van der Waals surface area contributed by atoms with Gasteiger partial charge in [0.25, 0.3) is 0 Å². The fourth-order valence-electron chi connectivity index (χ4n) is 2.65. The van der Waals surface area contributed by atoms with E-state index in [1.165, 1.54) is 4.31 Å². The quantitative estimate of drug-likeness (QED) is 0.926. The SMILES string of the molecule is CCCc1ccc(S(=O)(=O)N2CCCC(C)(O)C2)cc1. The van der Waals surface area contributed by atoms with Crippen LogP contribution < -0.4 is 0 Å². The Balaban J connectivity index is 2.21. The summed E-state index contributed by atoms with van der Waals surface area (Å²) >= 11 is 0. The van der Waals surface area contributed by atoms with E-state index in [0.29, 0.717) is 24.3 Å². The van der Waals surface area contributed by atoms with Gasteiger partial charge in [0.15, 0.2) is 0 Å². The van der Waals surface area contributed by atoms with Crippen LogP contribution in [0.2, 0.25) is 0 Å². The molecule has 0 saturated carbocycles. The van der Waals surface area contributed by atoms with Crippen molar-refractivity contribution in [3.63, 3.8) is 0 Å². The molecular formula is C15H23NO3S. The highest BCUT2D eigenvalue weighted by atomic mass is 32.2. The van der Waals surface area contributed by atoms with E-state index in [1.807, 2.05) is 12.1 Å². The Morgan fingerprint density at radius 2 is 1.95 bits per heavy atom. The number of benzene rings is 1. The van der Waals surface area contributed by atoms with E-state index in [9.17, 15) is 13.5 Å². The van der Waals surface area contributed by atoms with Crippen molar-refractivity contribution < 1.29 is 13.5 Å². The van der Waals surface area contributed by atoms with Gasteiger partial charge in [-0.2, -0.15) is 4.31 Å². The molecule has 1 aromatic carbocycles. The summed E-state index contributed by atoms with van der Waals surface area (Å²) < 4.78 is 26.5. The standard InChI is InChI=1S/C15H23NO3S/c1-3-5-13-6-8-14(9-7-13)20(18,19)16-11-4-10-15(2,17)12-16/h6-9,17H,3-5,10-12H2,1-2H3. The Morgan fingerprint density at radius 3 is 2.50 bits per heavy atom. The number of nitrogens with zero attached hydrogens (tertiary/aromatic N) is 1. The molecule has 0 aromatic heterocycles. The van der Waals surface area contributed by atoms with Gasteiger partial charge in [0, 0.05) is 13.1 Å². The Morgan fingerprint density at radius 1 is 1.30 bits per heavy atom. The molecule has 0 spiro atoms. The first-order valence-electron chi connectivity index (χ1n) is 7.17. The molecule has 1 aliphatic rings. The second-order valence-electron chi connectivity index (χ2n) is 5.83. The van der Waals surface area contributed by atoms with Gasteiger partial charge in [-0.3, -0.25) is 0 Å². The van der Waals surface area contributed by atoms with Crippen LogP contribution >= 0.6 is 0 Å². The van der Waals surface area contributed by atoms with Crippen molar-refractivity contribution in [3.05, 3.63) is 29.8 Å². The molecule has 0 bridgehead atoms. The molecule has 1 unspecified atom stereocenters. The predicted octanol–water partition coefficient (Wildman–Crippen LogP) is 2.17. The Hall–Kier alpha value is -0.910. The van der Waals surface area contributed by atoms with Crippen LogP contribution in [0, 0.1) is 0 Å². The topological polar surface area (TPSA) is 57.6 Å². The molecule has 1 saturated heterocycles. The first-order valence-corrected chi connectivity index (χ1v) is 8.61. The number of sulfonamides is 1. The van der Waals surface area contributed by atoms with Crippen LogP contribution in [0.4, 0.5) is 0 Å². The average molecular weight is 297 g/mol. The van der Waals surface area contributed by atoms with Crippen LogP contribution in [-0.4, -0.2) is 36.5 Å². The van der Waals surface area contributed by atoms with E-state index >= 15 is 0 Å². The zero-order valence-corrected chi connectivity index (χ0v) is 13.0. The molecule has 1 atom stereocenters. The highest BCUT2D eigenvalue weighted by Gasteiger charge is 2.35. The van der Waals surface area contributed by atoms with E-state index in [4.69, 9.17) is 0 Å². The lowest BCUT2D eigenvalue weighted by molar-refractivity contribution is 0.00940. The number of aliphatic hydroxyl groups is 1. The molecule has 1 heterocycles. The number of piperidine rings is 1. The first-order chi connectivity index (χ1) is 9.35. The van der Waals surface area contributed by atoms with Crippen molar-refractivity contribution in [2.24, 2.45) is 0 Å². The summed E-state index contributed by atoms with van der Waals surface area (Å²) in [5.74, 6) is 0. The Bertz CT molecular complexity index is 549. The number of rotatable bonds is 4. The maximum absolute atomic E-state index is 12.6. The van der Waals surface area contributed by atoms with Crippen molar-refractivity contribution in [1.29, 1.82) is 0 Å². The van der Waals surface area contributed by atoms with Gasteiger partial charge in [-0.1, -0.05) is 25.5 Å². The molecule has 1 fully saturated rings. The average Bonchev–Trinajstić information content (AvgIpc) is 2.38. The van der Waals surface area contributed by atoms with Gasteiger partial charge in [0.05, 0.1) is 10.5 Å². The smallest absolute Gasteiger partial charge is 0.243 e. The minimum atomic E-state index is -3.49. The van der Waals surface area contributed by atoms with Crippen molar-refractivity contribution in [2.45, 2.75) is 50.0 Å². The summed E-state index contributed by atoms with van der Waals surface area (Å²) in [6.07, 6.45) is 3.34. The molecular weight excluding hydrogens is 274 g/mol. The monoisotopic (exact) mass is 297 g/mol. The third-order valence-corrected chi connectivity index (χ3v) is 5.60. The largest absolute Gasteiger partial charge is 0.389 e. The van der Waals surface area contributed by atoms with Gasteiger partial charge in [-0.15, -0.1) is 0 Å². The van der Waals surface area contributed by atoms with Crippen LogP contribution in [0.15, 0.2) is 29.2 Å². The summed E-state index contributed by atoms with van der Waals surface area (Å²) in [7, 11) is -3.49. The maximum atomic E-state index is 12.6. The Labute approximate surface area is 121 Å². The number of hydrogen-bond donors (Lipinski definition) is 1. The number of hydrogen-bond acceptors (Lipinski definition) is 3. The third kappa shape index (κ3) is 3.40. The zero-order chi connectivity index (χ0) is 14.8. The first kappa shape index (κ1) is 15.5. The van der Waals surface area contributed by atoms with Crippen LogP contribution in [0.25, 0.3) is 0 Å². The lowest BCUT2D eigenvalue weighted by Crippen LogP contribution is -2.48. The number of aryl methyl sites for hydroxylation is 1.